The maximum absolute atomic E-state index is 12.9. The van der Waals surface area contributed by atoms with Crippen LogP contribution in [-0.4, -0.2) is 42.3 Å². The molecule has 1 amide bonds. The molecule has 1 N–H and O–H groups in total. The Labute approximate surface area is 185 Å². The lowest BCUT2D eigenvalue weighted by molar-refractivity contribution is -0.115. The lowest BCUT2D eigenvalue weighted by Crippen LogP contribution is -2.22. The third kappa shape index (κ3) is 3.72. The van der Waals surface area contributed by atoms with Gasteiger partial charge in [0.2, 0.25) is 11.7 Å². The van der Waals surface area contributed by atoms with Gasteiger partial charge in [0.1, 0.15) is 5.82 Å². The van der Waals surface area contributed by atoms with Crippen molar-refractivity contribution in [3.05, 3.63) is 59.3 Å². The Morgan fingerprint density at radius 2 is 1.68 bits per heavy atom. The molecule has 0 aliphatic carbocycles. The minimum absolute atomic E-state index is 0.0572. The minimum Gasteiger partial charge on any atom is -0.493 e. The summed E-state index contributed by atoms with van der Waals surface area (Å²) in [6.45, 7) is 3.87. The number of thioether (sulfide) groups is 1. The molecule has 3 aromatic rings. The Morgan fingerprint density at radius 3 is 2.26 bits per heavy atom. The van der Waals surface area contributed by atoms with E-state index in [4.69, 9.17) is 19.3 Å². The fourth-order valence-corrected chi connectivity index (χ4v) is 5.08. The number of hydrogen-bond acceptors (Lipinski definition) is 6. The van der Waals surface area contributed by atoms with Crippen molar-refractivity contribution in [3.8, 4) is 22.9 Å². The first-order chi connectivity index (χ1) is 15.0. The van der Waals surface area contributed by atoms with Crippen LogP contribution in [0.5, 0.6) is 17.2 Å². The van der Waals surface area contributed by atoms with Gasteiger partial charge in [-0.2, -0.15) is 5.10 Å². The summed E-state index contributed by atoms with van der Waals surface area (Å²) in [5.41, 5.74) is 3.63. The molecule has 1 aliphatic heterocycles. The first-order valence-corrected chi connectivity index (χ1v) is 10.8. The van der Waals surface area contributed by atoms with Gasteiger partial charge < -0.3 is 19.5 Å². The van der Waals surface area contributed by atoms with Gasteiger partial charge in [-0.25, -0.2) is 4.68 Å². The van der Waals surface area contributed by atoms with E-state index in [9.17, 15) is 4.79 Å². The molecule has 162 valence electrons. The van der Waals surface area contributed by atoms with E-state index in [0.717, 1.165) is 22.5 Å². The maximum atomic E-state index is 12.9. The van der Waals surface area contributed by atoms with Crippen molar-refractivity contribution < 1.29 is 19.0 Å². The van der Waals surface area contributed by atoms with Crippen LogP contribution in [0.3, 0.4) is 0 Å². The fourth-order valence-electron chi connectivity index (χ4n) is 3.78. The summed E-state index contributed by atoms with van der Waals surface area (Å²) in [5, 5.41) is 7.43. The molecule has 0 saturated heterocycles. The molecule has 2 atom stereocenters. The molecular weight excluding hydrogens is 414 g/mol. The number of hydrogen-bond donors (Lipinski definition) is 1. The summed E-state index contributed by atoms with van der Waals surface area (Å²) in [4.78, 5) is 12.9. The molecule has 8 heteroatoms. The summed E-state index contributed by atoms with van der Waals surface area (Å²) in [7, 11) is 4.77. The van der Waals surface area contributed by atoms with Crippen molar-refractivity contribution in [2.24, 2.45) is 0 Å². The summed E-state index contributed by atoms with van der Waals surface area (Å²) >= 11 is 1.57. The van der Waals surface area contributed by atoms with E-state index in [0.29, 0.717) is 23.1 Å². The lowest BCUT2D eigenvalue weighted by Gasteiger charge is -2.20. The molecule has 7 nitrogen and oxygen atoms in total. The summed E-state index contributed by atoms with van der Waals surface area (Å²) in [6.07, 6.45) is 0. The van der Waals surface area contributed by atoms with Gasteiger partial charge in [0.05, 0.1) is 43.2 Å². The average molecular weight is 440 g/mol. The van der Waals surface area contributed by atoms with Crippen LogP contribution in [0.25, 0.3) is 5.69 Å². The number of anilines is 1. The zero-order valence-corrected chi connectivity index (χ0v) is 18.9. The number of benzene rings is 2. The van der Waals surface area contributed by atoms with Crippen LogP contribution in [0.1, 0.15) is 29.0 Å². The Kier molecular flexibility index (Phi) is 5.82. The van der Waals surface area contributed by atoms with Crippen molar-refractivity contribution in [2.75, 3.05) is 26.6 Å². The zero-order chi connectivity index (χ0) is 22.1. The minimum atomic E-state index is -0.264. The van der Waals surface area contributed by atoms with Crippen molar-refractivity contribution in [1.82, 2.24) is 9.78 Å². The smallest absolute Gasteiger partial charge is 0.238 e. The Morgan fingerprint density at radius 1 is 1.03 bits per heavy atom. The number of methoxy groups -OCH3 is 3. The molecule has 31 heavy (non-hydrogen) atoms. The van der Waals surface area contributed by atoms with Crippen molar-refractivity contribution >= 4 is 23.5 Å². The SMILES string of the molecule is COc1cc([C@H]2S[C@H](C)C(=O)Nc3c2c(C)nn3-c2ccccc2)cc(OC)c1OC. The van der Waals surface area contributed by atoms with E-state index < -0.39 is 0 Å². The van der Waals surface area contributed by atoms with Crippen LogP contribution in [0.2, 0.25) is 0 Å². The van der Waals surface area contributed by atoms with Gasteiger partial charge in [0.15, 0.2) is 11.5 Å². The second-order valence-corrected chi connectivity index (χ2v) is 8.65. The van der Waals surface area contributed by atoms with Gasteiger partial charge in [0.25, 0.3) is 0 Å². The highest BCUT2D eigenvalue weighted by Crippen LogP contribution is 2.49. The second kappa shape index (κ2) is 8.55. The number of nitrogens with one attached hydrogen (secondary N) is 1. The van der Waals surface area contributed by atoms with Gasteiger partial charge in [-0.3, -0.25) is 4.79 Å². The third-order valence-electron chi connectivity index (χ3n) is 5.31. The van der Waals surface area contributed by atoms with Gasteiger partial charge in [-0.15, -0.1) is 11.8 Å². The summed E-state index contributed by atoms with van der Waals surface area (Å²) in [5.74, 6) is 2.31. The number of para-hydroxylation sites is 1. The van der Waals surface area contributed by atoms with E-state index in [-0.39, 0.29) is 16.4 Å². The first-order valence-electron chi connectivity index (χ1n) is 9.89. The average Bonchev–Trinajstić information content (AvgIpc) is 3.04. The van der Waals surface area contributed by atoms with Crippen molar-refractivity contribution in [3.63, 3.8) is 0 Å². The van der Waals surface area contributed by atoms with Gasteiger partial charge in [-0.1, -0.05) is 18.2 Å². The van der Waals surface area contributed by atoms with Gasteiger partial charge in [0, 0.05) is 5.56 Å². The standard InChI is InChI=1S/C23H25N3O4S/c1-13-19-21(15-11-17(28-3)20(30-5)18(12-15)29-4)31-14(2)23(27)24-22(19)26(25-13)16-9-7-6-8-10-16/h6-12,14,21H,1-5H3,(H,24,27)/t14-,21-/m1/s1. The molecular formula is C23H25N3O4S. The number of carbonyl (C=O) groups is 1. The summed E-state index contributed by atoms with van der Waals surface area (Å²) in [6, 6.07) is 13.7. The number of carbonyl (C=O) groups excluding carboxylic acids is 1. The molecule has 2 aromatic carbocycles. The molecule has 0 bridgehead atoms. The van der Waals surface area contributed by atoms with Crippen LogP contribution >= 0.6 is 11.8 Å². The van der Waals surface area contributed by atoms with Crippen LogP contribution in [0, 0.1) is 6.92 Å². The fraction of sp³-hybridized carbons (Fsp3) is 0.304. The molecule has 4 rings (SSSR count). The first kappa shape index (κ1) is 21.1. The predicted molar refractivity (Wildman–Crippen MR) is 122 cm³/mol. The quantitative estimate of drug-likeness (QED) is 0.636. The Balaban J connectivity index is 1.93. The highest BCUT2D eigenvalue weighted by atomic mass is 32.2. The van der Waals surface area contributed by atoms with Crippen molar-refractivity contribution in [1.29, 1.82) is 0 Å². The number of aryl methyl sites for hydroxylation is 1. The highest BCUT2D eigenvalue weighted by molar-refractivity contribution is 8.01. The molecule has 0 fully saturated rings. The number of aromatic nitrogens is 2. The lowest BCUT2D eigenvalue weighted by atomic mass is 10.0. The van der Waals surface area contributed by atoms with Crippen LogP contribution in [0.15, 0.2) is 42.5 Å². The summed E-state index contributed by atoms with van der Waals surface area (Å²) < 4.78 is 18.4. The molecule has 0 saturated carbocycles. The number of fused-ring (bicyclic) bond motifs is 1. The number of nitrogens with zero attached hydrogens (tertiary/aromatic N) is 2. The van der Waals surface area contributed by atoms with E-state index in [1.54, 1.807) is 37.8 Å². The molecule has 0 radical (unpaired) electrons. The van der Waals surface area contributed by atoms with Crippen molar-refractivity contribution in [2.45, 2.75) is 24.3 Å². The van der Waals surface area contributed by atoms with E-state index in [1.807, 2.05) is 56.3 Å². The molecule has 0 unspecified atom stereocenters. The van der Waals surface area contributed by atoms with Gasteiger partial charge >= 0.3 is 0 Å². The molecule has 0 spiro atoms. The highest BCUT2D eigenvalue weighted by Gasteiger charge is 2.35. The van der Waals surface area contributed by atoms with E-state index in [2.05, 4.69) is 5.32 Å². The topological polar surface area (TPSA) is 74.6 Å². The van der Waals surface area contributed by atoms with E-state index in [1.165, 1.54) is 0 Å². The number of ether oxygens (including phenoxy) is 3. The van der Waals surface area contributed by atoms with Crippen LogP contribution < -0.4 is 19.5 Å². The predicted octanol–water partition coefficient (Wildman–Crippen LogP) is 4.37. The van der Waals surface area contributed by atoms with Crippen LogP contribution in [-0.2, 0) is 4.79 Å². The third-order valence-corrected chi connectivity index (χ3v) is 6.71. The van der Waals surface area contributed by atoms with Gasteiger partial charge in [-0.05, 0) is 43.7 Å². The largest absolute Gasteiger partial charge is 0.493 e. The normalized spacial score (nSPS) is 18.0. The Hall–Kier alpha value is -3.13. The van der Waals surface area contributed by atoms with Crippen LogP contribution in [0.4, 0.5) is 5.82 Å². The zero-order valence-electron chi connectivity index (χ0n) is 18.1. The second-order valence-electron chi connectivity index (χ2n) is 7.20. The number of rotatable bonds is 5. The monoisotopic (exact) mass is 439 g/mol. The molecule has 1 aliphatic rings. The maximum Gasteiger partial charge on any atom is 0.238 e. The molecule has 2 heterocycles. The van der Waals surface area contributed by atoms with E-state index >= 15 is 0 Å². The Bertz CT molecular complexity index is 1090. The molecule has 1 aromatic heterocycles. The number of amides is 1.